The van der Waals surface area contributed by atoms with Crippen LogP contribution in [-0.4, -0.2) is 25.6 Å². The third-order valence-corrected chi connectivity index (χ3v) is 3.96. The number of methoxy groups -OCH3 is 1. The first-order valence-corrected chi connectivity index (χ1v) is 8.26. The highest BCUT2D eigenvalue weighted by Crippen LogP contribution is 2.26. The van der Waals surface area contributed by atoms with Crippen LogP contribution in [0.3, 0.4) is 0 Å². The quantitative estimate of drug-likeness (QED) is 0.646. The van der Waals surface area contributed by atoms with Gasteiger partial charge < -0.3 is 19.2 Å². The number of carbonyl (C=O) groups is 2. The third-order valence-electron chi connectivity index (χ3n) is 3.96. The number of carbonyl (C=O) groups excluding carboxylic acids is 2. The molecule has 0 aliphatic heterocycles. The van der Waals surface area contributed by atoms with Crippen LogP contribution in [0.1, 0.15) is 11.1 Å². The molecular weight excluding hydrogens is 353 g/mol. The van der Waals surface area contributed by atoms with Crippen molar-refractivity contribution in [3.05, 3.63) is 65.7 Å². The fraction of sp³-hybridized carbons (Fsp3) is 0.200. The van der Waals surface area contributed by atoms with E-state index in [-0.39, 0.29) is 25.4 Å². The van der Waals surface area contributed by atoms with Crippen LogP contribution in [-0.2, 0) is 27.3 Å². The Morgan fingerprint density at radius 1 is 1.15 bits per heavy atom. The molecule has 0 spiro atoms. The zero-order valence-electron chi connectivity index (χ0n) is 14.7. The maximum atomic E-state index is 12.8. The number of hydrogen-bond acceptors (Lipinski definition) is 5. The van der Waals surface area contributed by atoms with Gasteiger partial charge in [-0.15, -0.1) is 0 Å². The third kappa shape index (κ3) is 4.84. The van der Waals surface area contributed by atoms with Crippen molar-refractivity contribution < 1.29 is 27.9 Å². The van der Waals surface area contributed by atoms with Crippen molar-refractivity contribution in [2.75, 3.05) is 13.7 Å². The zero-order chi connectivity index (χ0) is 19.2. The Morgan fingerprint density at radius 3 is 2.67 bits per heavy atom. The summed E-state index contributed by atoms with van der Waals surface area (Å²) in [6, 6.07) is 11.1. The number of benzene rings is 2. The number of nitrogens with one attached hydrogen (secondary N) is 1. The summed E-state index contributed by atoms with van der Waals surface area (Å²) in [5.74, 6) is -0.659. The summed E-state index contributed by atoms with van der Waals surface area (Å²) in [7, 11) is 1.56. The van der Waals surface area contributed by atoms with Gasteiger partial charge in [0.1, 0.15) is 17.1 Å². The van der Waals surface area contributed by atoms with Crippen molar-refractivity contribution in [1.82, 2.24) is 5.32 Å². The average molecular weight is 371 g/mol. The molecule has 0 saturated heterocycles. The second-order valence-electron chi connectivity index (χ2n) is 5.86. The largest absolute Gasteiger partial charge is 0.497 e. The minimum Gasteiger partial charge on any atom is -0.497 e. The Morgan fingerprint density at radius 2 is 1.93 bits per heavy atom. The summed E-state index contributed by atoms with van der Waals surface area (Å²) in [6.45, 7) is -0.158. The monoisotopic (exact) mass is 371 g/mol. The molecule has 3 aromatic rings. The van der Waals surface area contributed by atoms with Gasteiger partial charge in [0.25, 0.3) is 5.91 Å². The molecule has 3 rings (SSSR count). The van der Waals surface area contributed by atoms with Crippen molar-refractivity contribution in [2.45, 2.75) is 13.0 Å². The molecule has 0 saturated carbocycles. The van der Waals surface area contributed by atoms with Crippen molar-refractivity contribution in [3.8, 4) is 5.75 Å². The molecule has 0 fully saturated rings. The van der Waals surface area contributed by atoms with E-state index in [1.807, 2.05) is 0 Å². The first-order chi connectivity index (χ1) is 13.0. The van der Waals surface area contributed by atoms with E-state index in [0.29, 0.717) is 16.9 Å². The van der Waals surface area contributed by atoms with Crippen LogP contribution in [0.2, 0.25) is 0 Å². The Bertz CT molecular complexity index is 949. The summed E-state index contributed by atoms with van der Waals surface area (Å²) >= 11 is 0. The highest BCUT2D eigenvalue weighted by atomic mass is 19.1. The molecule has 0 radical (unpaired) electrons. The average Bonchev–Trinajstić information content (AvgIpc) is 3.07. The molecule has 1 aromatic heterocycles. The number of amides is 1. The Kier molecular flexibility index (Phi) is 5.71. The number of halogens is 1. The second kappa shape index (κ2) is 8.35. The van der Waals surface area contributed by atoms with Crippen molar-refractivity contribution in [2.24, 2.45) is 0 Å². The predicted molar refractivity (Wildman–Crippen MR) is 95.7 cm³/mol. The molecule has 27 heavy (non-hydrogen) atoms. The highest BCUT2D eigenvalue weighted by molar-refractivity contribution is 5.87. The number of esters is 1. The van der Waals surface area contributed by atoms with Crippen LogP contribution in [0.5, 0.6) is 5.75 Å². The van der Waals surface area contributed by atoms with E-state index < -0.39 is 11.9 Å². The number of furan rings is 1. The van der Waals surface area contributed by atoms with Gasteiger partial charge >= 0.3 is 5.97 Å². The van der Waals surface area contributed by atoms with E-state index in [0.717, 1.165) is 10.9 Å². The van der Waals surface area contributed by atoms with Gasteiger partial charge in [-0.3, -0.25) is 9.59 Å². The zero-order valence-corrected chi connectivity index (χ0v) is 14.7. The Labute approximate surface area is 154 Å². The van der Waals surface area contributed by atoms with Gasteiger partial charge in [0, 0.05) is 23.6 Å². The summed E-state index contributed by atoms with van der Waals surface area (Å²) in [5, 5.41) is 3.39. The van der Waals surface area contributed by atoms with Crippen LogP contribution in [0.4, 0.5) is 4.39 Å². The first-order valence-electron chi connectivity index (χ1n) is 8.26. The lowest BCUT2D eigenvalue weighted by Crippen LogP contribution is -2.28. The molecule has 1 amide bonds. The van der Waals surface area contributed by atoms with Crippen molar-refractivity contribution >= 4 is 22.8 Å². The molecule has 6 nitrogen and oxygen atoms in total. The van der Waals surface area contributed by atoms with Gasteiger partial charge in [0.2, 0.25) is 0 Å². The maximum absolute atomic E-state index is 12.8. The summed E-state index contributed by atoms with van der Waals surface area (Å²) in [4.78, 5) is 23.8. The Hall–Kier alpha value is -3.35. The van der Waals surface area contributed by atoms with E-state index in [4.69, 9.17) is 13.9 Å². The van der Waals surface area contributed by atoms with Gasteiger partial charge in [0.15, 0.2) is 6.61 Å². The Balaban J connectivity index is 1.48. The highest BCUT2D eigenvalue weighted by Gasteiger charge is 2.13. The molecule has 0 aliphatic carbocycles. The summed E-state index contributed by atoms with van der Waals surface area (Å²) < 4.78 is 28.4. The molecule has 0 atom stereocenters. The molecule has 140 valence electrons. The molecule has 1 heterocycles. The maximum Gasteiger partial charge on any atom is 0.310 e. The summed E-state index contributed by atoms with van der Waals surface area (Å²) in [6.07, 6.45) is 1.48. The molecular formula is C20H18FNO5. The molecule has 0 unspecified atom stereocenters. The second-order valence-corrected chi connectivity index (χ2v) is 5.86. The normalized spacial score (nSPS) is 10.6. The molecule has 7 heteroatoms. The number of hydrogen-bond donors (Lipinski definition) is 1. The van der Waals surface area contributed by atoms with Gasteiger partial charge in [-0.1, -0.05) is 12.1 Å². The van der Waals surface area contributed by atoms with E-state index in [2.05, 4.69) is 5.32 Å². The number of fused-ring (bicyclic) bond motifs is 1. The lowest BCUT2D eigenvalue weighted by molar-refractivity contribution is -0.147. The SMILES string of the molecule is COc1ccc2c(CC(=O)OCC(=O)NCc3ccc(F)cc3)coc2c1. The van der Waals surface area contributed by atoms with E-state index in [1.165, 1.54) is 18.4 Å². The molecule has 2 aromatic carbocycles. The molecule has 0 aliphatic rings. The van der Waals surface area contributed by atoms with Crippen LogP contribution in [0, 0.1) is 5.82 Å². The standard InChI is InChI=1S/C20H18FNO5/c1-25-16-6-7-17-14(11-26-18(17)9-16)8-20(24)27-12-19(23)22-10-13-2-4-15(21)5-3-13/h2-7,9,11H,8,10,12H2,1H3,(H,22,23). The molecule has 1 N–H and O–H groups in total. The number of rotatable bonds is 7. The van der Waals surface area contributed by atoms with Crippen molar-refractivity contribution in [3.63, 3.8) is 0 Å². The fourth-order valence-electron chi connectivity index (χ4n) is 2.53. The van der Waals surface area contributed by atoms with Crippen LogP contribution in [0.15, 0.2) is 53.1 Å². The van der Waals surface area contributed by atoms with E-state index in [1.54, 1.807) is 37.4 Å². The summed E-state index contributed by atoms with van der Waals surface area (Å²) in [5.41, 5.74) is 2.02. The van der Waals surface area contributed by atoms with Gasteiger partial charge in [0.05, 0.1) is 19.8 Å². The van der Waals surface area contributed by atoms with Gasteiger partial charge in [-0.2, -0.15) is 0 Å². The van der Waals surface area contributed by atoms with Gasteiger partial charge in [-0.25, -0.2) is 4.39 Å². The molecule has 0 bridgehead atoms. The minimum absolute atomic E-state index is 0.00935. The van der Waals surface area contributed by atoms with Crippen LogP contribution < -0.4 is 10.1 Å². The van der Waals surface area contributed by atoms with E-state index >= 15 is 0 Å². The smallest absolute Gasteiger partial charge is 0.310 e. The van der Waals surface area contributed by atoms with Crippen LogP contribution >= 0.6 is 0 Å². The van der Waals surface area contributed by atoms with Crippen LogP contribution in [0.25, 0.3) is 11.0 Å². The lowest BCUT2D eigenvalue weighted by Gasteiger charge is -2.06. The minimum atomic E-state index is -0.537. The van der Waals surface area contributed by atoms with Gasteiger partial charge in [-0.05, 0) is 29.8 Å². The topological polar surface area (TPSA) is 77.8 Å². The lowest BCUT2D eigenvalue weighted by atomic mass is 10.1. The van der Waals surface area contributed by atoms with E-state index in [9.17, 15) is 14.0 Å². The fourth-order valence-corrected chi connectivity index (χ4v) is 2.53. The van der Waals surface area contributed by atoms with Crippen molar-refractivity contribution in [1.29, 1.82) is 0 Å². The number of ether oxygens (including phenoxy) is 2. The predicted octanol–water partition coefficient (Wildman–Crippen LogP) is 2.98. The first kappa shape index (κ1) is 18.4.